The van der Waals surface area contributed by atoms with Crippen molar-refractivity contribution in [2.24, 2.45) is 16.1 Å². The third-order valence-corrected chi connectivity index (χ3v) is 4.32. The minimum Gasteiger partial charge on any atom is -0.382 e. The van der Waals surface area contributed by atoms with Crippen LogP contribution >= 0.6 is 0 Å². The SMILES string of the molecule is CCCCCCNC(N)=NCC1(CCOCC)CCC1. The third kappa shape index (κ3) is 6.60. The fourth-order valence-corrected chi connectivity index (χ4v) is 2.67. The van der Waals surface area contributed by atoms with E-state index in [0.717, 1.165) is 32.7 Å². The summed E-state index contributed by atoms with van der Waals surface area (Å²) in [5, 5.41) is 3.23. The Bertz CT molecular complexity index is 275. The summed E-state index contributed by atoms with van der Waals surface area (Å²) in [6, 6.07) is 0. The molecule has 4 nitrogen and oxygen atoms in total. The maximum absolute atomic E-state index is 5.94. The van der Waals surface area contributed by atoms with Gasteiger partial charge in [0, 0.05) is 26.3 Å². The topological polar surface area (TPSA) is 59.6 Å². The number of unbranched alkanes of at least 4 members (excludes halogenated alkanes) is 3. The molecule has 0 saturated heterocycles. The molecule has 0 aromatic heterocycles. The van der Waals surface area contributed by atoms with Gasteiger partial charge < -0.3 is 15.8 Å². The van der Waals surface area contributed by atoms with E-state index in [-0.39, 0.29) is 0 Å². The quantitative estimate of drug-likeness (QED) is 0.348. The maximum atomic E-state index is 5.94. The van der Waals surface area contributed by atoms with Gasteiger partial charge in [0.1, 0.15) is 0 Å². The number of nitrogens with zero attached hydrogens (tertiary/aromatic N) is 1. The highest BCUT2D eigenvalue weighted by Crippen LogP contribution is 2.44. The predicted octanol–water partition coefficient (Wildman–Crippen LogP) is 3.07. The van der Waals surface area contributed by atoms with Gasteiger partial charge in [0.15, 0.2) is 5.96 Å². The second-order valence-electron chi connectivity index (χ2n) is 5.99. The van der Waals surface area contributed by atoms with E-state index in [0.29, 0.717) is 11.4 Å². The Morgan fingerprint density at radius 1 is 1.25 bits per heavy atom. The smallest absolute Gasteiger partial charge is 0.188 e. The molecule has 20 heavy (non-hydrogen) atoms. The Kier molecular flexibility index (Phi) is 8.67. The number of hydrogen-bond donors (Lipinski definition) is 2. The van der Waals surface area contributed by atoms with Gasteiger partial charge in [-0.15, -0.1) is 0 Å². The molecule has 1 saturated carbocycles. The molecular formula is C16H33N3O. The van der Waals surface area contributed by atoms with Crippen LogP contribution < -0.4 is 11.1 Å². The van der Waals surface area contributed by atoms with Crippen molar-refractivity contribution in [3.05, 3.63) is 0 Å². The lowest BCUT2D eigenvalue weighted by Crippen LogP contribution is -2.37. The van der Waals surface area contributed by atoms with Crippen LogP contribution in [0.25, 0.3) is 0 Å². The summed E-state index contributed by atoms with van der Waals surface area (Å²) in [5.74, 6) is 0.615. The zero-order valence-corrected chi connectivity index (χ0v) is 13.4. The zero-order valence-electron chi connectivity index (χ0n) is 13.4. The predicted molar refractivity (Wildman–Crippen MR) is 86.0 cm³/mol. The normalized spacial score (nSPS) is 17.8. The summed E-state index contributed by atoms with van der Waals surface area (Å²) in [6.45, 7) is 7.74. The second-order valence-corrected chi connectivity index (χ2v) is 5.99. The molecule has 0 aromatic carbocycles. The summed E-state index contributed by atoms with van der Waals surface area (Å²) in [6.07, 6.45) is 10.0. The van der Waals surface area contributed by atoms with Gasteiger partial charge in [-0.3, -0.25) is 4.99 Å². The van der Waals surface area contributed by atoms with Gasteiger partial charge in [0.2, 0.25) is 0 Å². The van der Waals surface area contributed by atoms with Gasteiger partial charge >= 0.3 is 0 Å². The Hall–Kier alpha value is -0.770. The number of nitrogens with two attached hydrogens (primary N) is 1. The molecular weight excluding hydrogens is 250 g/mol. The largest absolute Gasteiger partial charge is 0.382 e. The molecule has 0 amide bonds. The van der Waals surface area contributed by atoms with E-state index in [2.05, 4.69) is 17.2 Å². The van der Waals surface area contributed by atoms with Crippen molar-refractivity contribution in [3.63, 3.8) is 0 Å². The molecule has 0 radical (unpaired) electrons. The fourth-order valence-electron chi connectivity index (χ4n) is 2.67. The number of hydrogen-bond acceptors (Lipinski definition) is 2. The molecule has 1 aliphatic rings. The van der Waals surface area contributed by atoms with Crippen LogP contribution in [-0.4, -0.2) is 32.3 Å². The average molecular weight is 283 g/mol. The van der Waals surface area contributed by atoms with Crippen LogP contribution in [0.3, 0.4) is 0 Å². The highest BCUT2D eigenvalue weighted by atomic mass is 16.5. The molecule has 0 atom stereocenters. The Labute approximate surface area is 124 Å². The summed E-state index contributed by atoms with van der Waals surface area (Å²) >= 11 is 0. The van der Waals surface area contributed by atoms with E-state index in [9.17, 15) is 0 Å². The molecule has 1 rings (SSSR count). The van der Waals surface area contributed by atoms with Crippen molar-refractivity contribution >= 4 is 5.96 Å². The molecule has 118 valence electrons. The number of aliphatic imine (C=N–C) groups is 1. The van der Waals surface area contributed by atoms with Gasteiger partial charge in [-0.1, -0.05) is 32.6 Å². The highest BCUT2D eigenvalue weighted by Gasteiger charge is 2.36. The Balaban J connectivity index is 2.18. The van der Waals surface area contributed by atoms with Crippen LogP contribution in [0.1, 0.15) is 65.2 Å². The molecule has 4 heteroatoms. The summed E-state index contributed by atoms with van der Waals surface area (Å²) in [7, 11) is 0. The summed E-state index contributed by atoms with van der Waals surface area (Å²) in [5.41, 5.74) is 6.30. The van der Waals surface area contributed by atoms with Gasteiger partial charge in [0.25, 0.3) is 0 Å². The van der Waals surface area contributed by atoms with Crippen LogP contribution in [0.5, 0.6) is 0 Å². The van der Waals surface area contributed by atoms with Crippen molar-refractivity contribution in [2.45, 2.75) is 65.2 Å². The first kappa shape index (κ1) is 17.3. The number of rotatable bonds is 11. The number of ether oxygens (including phenoxy) is 1. The molecule has 0 heterocycles. The first-order valence-electron chi connectivity index (χ1n) is 8.34. The minimum absolute atomic E-state index is 0.365. The standard InChI is InChI=1S/C16H33N3O/c1-3-5-6-7-12-18-15(17)19-14-16(9-8-10-16)11-13-20-4-2/h3-14H2,1-2H3,(H3,17,18,19). The van der Waals surface area contributed by atoms with Crippen LogP contribution in [0.2, 0.25) is 0 Å². The van der Waals surface area contributed by atoms with E-state index in [1.54, 1.807) is 0 Å². The lowest BCUT2D eigenvalue weighted by molar-refractivity contribution is 0.0609. The van der Waals surface area contributed by atoms with Gasteiger partial charge in [-0.25, -0.2) is 0 Å². The van der Waals surface area contributed by atoms with Crippen LogP contribution in [0.4, 0.5) is 0 Å². The minimum atomic E-state index is 0.365. The second kappa shape index (κ2) is 10.0. The third-order valence-electron chi connectivity index (χ3n) is 4.32. The van der Waals surface area contributed by atoms with Crippen molar-refractivity contribution < 1.29 is 4.74 Å². The van der Waals surface area contributed by atoms with Crippen LogP contribution in [0, 0.1) is 5.41 Å². The Morgan fingerprint density at radius 2 is 2.05 bits per heavy atom. The van der Waals surface area contributed by atoms with Crippen molar-refractivity contribution in [3.8, 4) is 0 Å². The van der Waals surface area contributed by atoms with E-state index in [1.165, 1.54) is 44.9 Å². The molecule has 3 N–H and O–H groups in total. The van der Waals surface area contributed by atoms with E-state index >= 15 is 0 Å². The van der Waals surface area contributed by atoms with Gasteiger partial charge in [0.05, 0.1) is 0 Å². The molecule has 0 spiro atoms. The summed E-state index contributed by atoms with van der Waals surface area (Å²) in [4.78, 5) is 4.54. The number of guanidine groups is 1. The zero-order chi connectivity index (χ0) is 14.7. The fraction of sp³-hybridized carbons (Fsp3) is 0.938. The monoisotopic (exact) mass is 283 g/mol. The van der Waals surface area contributed by atoms with Crippen molar-refractivity contribution in [2.75, 3.05) is 26.3 Å². The van der Waals surface area contributed by atoms with Gasteiger partial charge in [-0.2, -0.15) is 0 Å². The van der Waals surface area contributed by atoms with Gasteiger partial charge in [-0.05, 0) is 38.0 Å². The van der Waals surface area contributed by atoms with E-state index in [1.807, 2.05) is 6.92 Å². The molecule has 0 unspecified atom stereocenters. The summed E-state index contributed by atoms with van der Waals surface area (Å²) < 4.78 is 5.48. The Morgan fingerprint density at radius 3 is 2.65 bits per heavy atom. The lowest BCUT2D eigenvalue weighted by Gasteiger charge is -2.40. The number of nitrogens with one attached hydrogen (secondary N) is 1. The average Bonchev–Trinajstić information content (AvgIpc) is 2.40. The van der Waals surface area contributed by atoms with E-state index in [4.69, 9.17) is 10.5 Å². The van der Waals surface area contributed by atoms with Crippen molar-refractivity contribution in [1.29, 1.82) is 0 Å². The lowest BCUT2D eigenvalue weighted by atomic mass is 9.67. The first-order chi connectivity index (χ1) is 9.72. The molecule has 1 fully saturated rings. The molecule has 0 bridgehead atoms. The molecule has 0 aliphatic heterocycles. The molecule has 0 aromatic rings. The molecule has 1 aliphatic carbocycles. The van der Waals surface area contributed by atoms with Crippen molar-refractivity contribution in [1.82, 2.24) is 5.32 Å². The highest BCUT2D eigenvalue weighted by molar-refractivity contribution is 5.77. The first-order valence-corrected chi connectivity index (χ1v) is 8.34. The van der Waals surface area contributed by atoms with Crippen LogP contribution in [-0.2, 0) is 4.74 Å². The van der Waals surface area contributed by atoms with E-state index < -0.39 is 0 Å². The van der Waals surface area contributed by atoms with Crippen LogP contribution in [0.15, 0.2) is 4.99 Å². The maximum Gasteiger partial charge on any atom is 0.188 e.